The first kappa shape index (κ1) is 17.1. The normalized spacial score (nSPS) is 15.0. The molecule has 3 rings (SSSR count). The summed E-state index contributed by atoms with van der Waals surface area (Å²) in [7, 11) is 0. The number of carbonyl (C=O) groups excluding carboxylic acids is 2. The molecule has 2 amide bonds. The van der Waals surface area contributed by atoms with E-state index in [1.165, 1.54) is 12.1 Å². The standard InChI is InChI=1S/C19H20FN3O2/c1-13-5-4-8-17(21-13)18(24)22-14-9-11-23(12-10-14)19(25)15-6-2-3-7-16(15)20/h2-8,14H,9-12H2,1H3,(H,22,24). The maximum Gasteiger partial charge on any atom is 0.270 e. The van der Waals surface area contributed by atoms with Crippen molar-refractivity contribution in [3.63, 3.8) is 0 Å². The minimum atomic E-state index is -0.506. The van der Waals surface area contributed by atoms with Gasteiger partial charge in [0, 0.05) is 24.8 Å². The van der Waals surface area contributed by atoms with Gasteiger partial charge in [0.25, 0.3) is 11.8 Å². The Hall–Kier alpha value is -2.76. The summed E-state index contributed by atoms with van der Waals surface area (Å²) in [6.07, 6.45) is 1.27. The lowest BCUT2D eigenvalue weighted by molar-refractivity contribution is 0.0693. The molecule has 1 saturated heterocycles. The molecule has 0 bridgehead atoms. The number of carbonyl (C=O) groups is 2. The molecule has 1 aliphatic heterocycles. The van der Waals surface area contributed by atoms with Crippen LogP contribution in [0.3, 0.4) is 0 Å². The molecule has 6 heteroatoms. The number of nitrogens with zero attached hydrogens (tertiary/aromatic N) is 2. The van der Waals surface area contributed by atoms with Gasteiger partial charge in [-0.2, -0.15) is 0 Å². The van der Waals surface area contributed by atoms with Crippen LogP contribution < -0.4 is 5.32 Å². The topological polar surface area (TPSA) is 62.3 Å². The SMILES string of the molecule is Cc1cccc(C(=O)NC2CCN(C(=O)c3ccccc3F)CC2)n1. The van der Waals surface area contributed by atoms with Crippen molar-refractivity contribution in [3.8, 4) is 0 Å². The largest absolute Gasteiger partial charge is 0.348 e. The molecule has 0 saturated carbocycles. The Morgan fingerprint density at radius 1 is 1.12 bits per heavy atom. The molecule has 25 heavy (non-hydrogen) atoms. The number of pyridine rings is 1. The van der Waals surface area contributed by atoms with Gasteiger partial charge in [0.15, 0.2) is 0 Å². The molecule has 0 atom stereocenters. The minimum Gasteiger partial charge on any atom is -0.348 e. The zero-order valence-electron chi connectivity index (χ0n) is 14.0. The summed E-state index contributed by atoms with van der Waals surface area (Å²) < 4.78 is 13.8. The van der Waals surface area contributed by atoms with Gasteiger partial charge in [-0.1, -0.05) is 18.2 Å². The smallest absolute Gasteiger partial charge is 0.270 e. The number of halogens is 1. The van der Waals surface area contributed by atoms with E-state index < -0.39 is 5.82 Å². The molecule has 1 aromatic heterocycles. The molecule has 0 aliphatic carbocycles. The van der Waals surface area contributed by atoms with Crippen LogP contribution in [-0.4, -0.2) is 40.8 Å². The van der Waals surface area contributed by atoms with Crippen molar-refractivity contribution < 1.29 is 14.0 Å². The van der Waals surface area contributed by atoms with E-state index in [0.717, 1.165) is 5.69 Å². The van der Waals surface area contributed by atoms with Crippen LogP contribution in [0.5, 0.6) is 0 Å². The Morgan fingerprint density at radius 3 is 2.52 bits per heavy atom. The highest BCUT2D eigenvalue weighted by Gasteiger charge is 2.26. The second-order valence-electron chi connectivity index (χ2n) is 6.18. The van der Waals surface area contributed by atoms with Gasteiger partial charge in [-0.15, -0.1) is 0 Å². The number of piperidine rings is 1. The van der Waals surface area contributed by atoms with Gasteiger partial charge in [-0.3, -0.25) is 9.59 Å². The van der Waals surface area contributed by atoms with Crippen molar-refractivity contribution in [2.45, 2.75) is 25.8 Å². The molecule has 1 fully saturated rings. The Bertz CT molecular complexity index is 786. The Morgan fingerprint density at radius 2 is 1.84 bits per heavy atom. The van der Waals surface area contributed by atoms with Crippen molar-refractivity contribution in [3.05, 3.63) is 65.2 Å². The van der Waals surface area contributed by atoms with Crippen LogP contribution in [0.2, 0.25) is 0 Å². The predicted octanol–water partition coefficient (Wildman–Crippen LogP) is 2.56. The molecule has 1 aromatic carbocycles. The molecule has 0 spiro atoms. The number of hydrogen-bond acceptors (Lipinski definition) is 3. The van der Waals surface area contributed by atoms with E-state index in [4.69, 9.17) is 0 Å². The lowest BCUT2D eigenvalue weighted by Crippen LogP contribution is -2.46. The quantitative estimate of drug-likeness (QED) is 0.933. The molecule has 1 N–H and O–H groups in total. The number of nitrogens with one attached hydrogen (secondary N) is 1. The van der Waals surface area contributed by atoms with Crippen molar-refractivity contribution in [2.75, 3.05) is 13.1 Å². The van der Waals surface area contributed by atoms with E-state index in [2.05, 4.69) is 10.3 Å². The highest BCUT2D eigenvalue weighted by molar-refractivity contribution is 5.94. The zero-order chi connectivity index (χ0) is 17.8. The summed E-state index contributed by atoms with van der Waals surface area (Å²) >= 11 is 0. The molecule has 5 nitrogen and oxygen atoms in total. The van der Waals surface area contributed by atoms with E-state index in [0.29, 0.717) is 31.6 Å². The average molecular weight is 341 g/mol. The molecule has 130 valence electrons. The lowest BCUT2D eigenvalue weighted by Gasteiger charge is -2.32. The Labute approximate surface area is 145 Å². The van der Waals surface area contributed by atoms with Crippen LogP contribution in [0.4, 0.5) is 4.39 Å². The Kier molecular flexibility index (Phi) is 5.07. The zero-order valence-corrected chi connectivity index (χ0v) is 14.0. The van der Waals surface area contributed by atoms with Crippen LogP contribution in [0.15, 0.2) is 42.5 Å². The van der Waals surface area contributed by atoms with Crippen LogP contribution in [0.25, 0.3) is 0 Å². The minimum absolute atomic E-state index is 0.0144. The molecular weight excluding hydrogens is 321 g/mol. The summed E-state index contributed by atoms with van der Waals surface area (Å²) in [6.45, 7) is 2.81. The monoisotopic (exact) mass is 341 g/mol. The molecule has 0 radical (unpaired) electrons. The summed E-state index contributed by atoms with van der Waals surface area (Å²) in [5.74, 6) is -1.01. The van der Waals surface area contributed by atoms with Gasteiger partial charge in [-0.05, 0) is 44.0 Å². The predicted molar refractivity (Wildman–Crippen MR) is 91.8 cm³/mol. The van der Waals surface area contributed by atoms with Crippen molar-refractivity contribution in [1.29, 1.82) is 0 Å². The van der Waals surface area contributed by atoms with Crippen molar-refractivity contribution in [1.82, 2.24) is 15.2 Å². The third-order valence-electron chi connectivity index (χ3n) is 4.34. The number of hydrogen-bond donors (Lipinski definition) is 1. The first-order valence-electron chi connectivity index (χ1n) is 8.33. The number of aromatic nitrogens is 1. The second-order valence-corrected chi connectivity index (χ2v) is 6.18. The van der Waals surface area contributed by atoms with E-state index in [1.54, 1.807) is 29.2 Å². The van der Waals surface area contributed by atoms with E-state index >= 15 is 0 Å². The second kappa shape index (κ2) is 7.42. The fourth-order valence-corrected chi connectivity index (χ4v) is 2.96. The van der Waals surface area contributed by atoms with E-state index in [9.17, 15) is 14.0 Å². The number of amides is 2. The molecule has 2 aromatic rings. The Balaban J connectivity index is 1.56. The maximum atomic E-state index is 13.8. The van der Waals surface area contributed by atoms with E-state index in [1.807, 2.05) is 13.0 Å². The molecule has 1 aliphatic rings. The van der Waals surface area contributed by atoms with Crippen molar-refractivity contribution in [2.24, 2.45) is 0 Å². The third kappa shape index (κ3) is 4.02. The maximum absolute atomic E-state index is 13.8. The number of benzene rings is 1. The number of aryl methyl sites for hydroxylation is 1. The molecular formula is C19H20FN3O2. The molecule has 0 unspecified atom stereocenters. The van der Waals surface area contributed by atoms with Gasteiger partial charge in [0.2, 0.25) is 0 Å². The van der Waals surface area contributed by atoms with Gasteiger partial charge in [0.1, 0.15) is 11.5 Å². The highest BCUT2D eigenvalue weighted by atomic mass is 19.1. The third-order valence-corrected chi connectivity index (χ3v) is 4.34. The van der Waals surface area contributed by atoms with Crippen molar-refractivity contribution >= 4 is 11.8 Å². The van der Waals surface area contributed by atoms with E-state index in [-0.39, 0.29) is 23.4 Å². The number of rotatable bonds is 3. The first-order valence-corrected chi connectivity index (χ1v) is 8.33. The lowest BCUT2D eigenvalue weighted by atomic mass is 10.0. The fourth-order valence-electron chi connectivity index (χ4n) is 2.96. The van der Waals surface area contributed by atoms with Crippen LogP contribution in [0, 0.1) is 12.7 Å². The van der Waals surface area contributed by atoms with Crippen LogP contribution >= 0.6 is 0 Å². The number of likely N-dealkylation sites (tertiary alicyclic amines) is 1. The summed E-state index contributed by atoms with van der Waals surface area (Å²) in [6, 6.07) is 11.3. The summed E-state index contributed by atoms with van der Waals surface area (Å²) in [4.78, 5) is 30.5. The summed E-state index contributed by atoms with van der Waals surface area (Å²) in [5, 5.41) is 2.96. The fraction of sp³-hybridized carbons (Fsp3) is 0.316. The highest BCUT2D eigenvalue weighted by Crippen LogP contribution is 2.16. The average Bonchev–Trinajstić information content (AvgIpc) is 2.62. The first-order chi connectivity index (χ1) is 12.0. The van der Waals surface area contributed by atoms with Gasteiger partial charge >= 0.3 is 0 Å². The van der Waals surface area contributed by atoms with Crippen LogP contribution in [-0.2, 0) is 0 Å². The molecule has 2 heterocycles. The summed E-state index contributed by atoms with van der Waals surface area (Å²) in [5.41, 5.74) is 1.27. The van der Waals surface area contributed by atoms with Gasteiger partial charge < -0.3 is 10.2 Å². The van der Waals surface area contributed by atoms with Gasteiger partial charge in [-0.25, -0.2) is 9.37 Å². The van der Waals surface area contributed by atoms with Crippen LogP contribution in [0.1, 0.15) is 39.4 Å². The van der Waals surface area contributed by atoms with Gasteiger partial charge in [0.05, 0.1) is 5.56 Å².